The summed E-state index contributed by atoms with van der Waals surface area (Å²) >= 11 is 0. The molecular weight excluding hydrogens is 403 g/mol. The number of imidazole rings is 1. The van der Waals surface area contributed by atoms with Gasteiger partial charge in [0.25, 0.3) is 0 Å². The van der Waals surface area contributed by atoms with Crippen molar-refractivity contribution < 1.29 is 24.1 Å². The molecule has 0 saturated carbocycles. The quantitative estimate of drug-likeness (QED) is 0.488. The number of fused-ring (bicyclic) bond motifs is 1. The summed E-state index contributed by atoms with van der Waals surface area (Å²) in [6.07, 6.45) is 1.73. The number of benzene rings is 2. The molecule has 2 N–H and O–H groups in total. The summed E-state index contributed by atoms with van der Waals surface area (Å²) in [4.78, 5) is 4.68. The first-order valence-electron chi connectivity index (χ1n) is 9.72. The van der Waals surface area contributed by atoms with E-state index in [-0.39, 0.29) is 11.3 Å². The predicted octanol–water partition coefficient (Wildman–Crippen LogP) is 3.41. The first kappa shape index (κ1) is 19.4. The van der Waals surface area contributed by atoms with Gasteiger partial charge in [0.05, 0.1) is 48.2 Å². The van der Waals surface area contributed by atoms with Crippen LogP contribution in [0.25, 0.3) is 33.7 Å². The minimum atomic E-state index is -0.967. The van der Waals surface area contributed by atoms with Crippen LogP contribution in [0.3, 0.4) is 0 Å². The maximum Gasteiger partial charge on any atom is 0.203 e. The molecule has 0 atom stereocenters. The topological polar surface area (TPSA) is 94.6 Å². The highest BCUT2D eigenvalue weighted by Gasteiger charge is 2.39. The van der Waals surface area contributed by atoms with Gasteiger partial charge >= 0.3 is 0 Å². The number of aromatic nitrogens is 4. The van der Waals surface area contributed by atoms with Crippen molar-refractivity contribution in [1.82, 2.24) is 19.3 Å². The number of methoxy groups -OCH3 is 1. The zero-order chi connectivity index (χ0) is 21.9. The smallest absolute Gasteiger partial charge is 0.203 e. The lowest BCUT2D eigenvalue weighted by atomic mass is 9.98. The Kier molecular flexibility index (Phi) is 4.19. The minimum absolute atomic E-state index is 0.0264. The maximum absolute atomic E-state index is 15.1. The van der Waals surface area contributed by atoms with Gasteiger partial charge in [0.1, 0.15) is 5.82 Å². The Hall–Kier alpha value is -3.59. The molecule has 0 radical (unpaired) electrons. The number of phenolic OH excluding ortho intramolecular Hbond substituents is 2. The van der Waals surface area contributed by atoms with Crippen LogP contribution in [0.1, 0.15) is 6.92 Å². The third-order valence-corrected chi connectivity index (χ3v) is 5.78. The average Bonchev–Trinajstić information content (AvgIpc) is 3.33. The Morgan fingerprint density at radius 1 is 1.16 bits per heavy atom. The summed E-state index contributed by atoms with van der Waals surface area (Å²) in [6.45, 7) is 2.88. The van der Waals surface area contributed by atoms with Gasteiger partial charge in [-0.2, -0.15) is 5.10 Å². The fourth-order valence-electron chi connectivity index (χ4n) is 4.07. The summed E-state index contributed by atoms with van der Waals surface area (Å²) in [6, 6.07) is 9.05. The minimum Gasteiger partial charge on any atom is -0.502 e. The van der Waals surface area contributed by atoms with Gasteiger partial charge in [-0.3, -0.25) is 4.68 Å². The number of aromatic hydroxyl groups is 2. The van der Waals surface area contributed by atoms with Crippen molar-refractivity contribution in [3.05, 3.63) is 42.3 Å². The molecule has 1 aliphatic rings. The van der Waals surface area contributed by atoms with Crippen LogP contribution in [0.2, 0.25) is 0 Å². The second kappa shape index (κ2) is 6.71. The molecule has 9 heteroatoms. The molecule has 31 heavy (non-hydrogen) atoms. The van der Waals surface area contributed by atoms with Gasteiger partial charge in [0.15, 0.2) is 17.3 Å². The molecule has 2 aromatic carbocycles. The summed E-state index contributed by atoms with van der Waals surface area (Å²) in [5.41, 5.74) is 2.91. The molecule has 0 spiro atoms. The van der Waals surface area contributed by atoms with Crippen LogP contribution in [-0.4, -0.2) is 49.9 Å². The summed E-state index contributed by atoms with van der Waals surface area (Å²) in [5.74, 6) is -2.22. The van der Waals surface area contributed by atoms with Crippen molar-refractivity contribution in [3.8, 4) is 39.9 Å². The van der Waals surface area contributed by atoms with Gasteiger partial charge < -0.3 is 24.3 Å². The number of halogens is 1. The molecule has 0 aliphatic carbocycles. The van der Waals surface area contributed by atoms with E-state index in [1.165, 1.54) is 13.2 Å². The van der Waals surface area contributed by atoms with Crippen LogP contribution in [0, 0.1) is 5.82 Å². The first-order valence-corrected chi connectivity index (χ1v) is 9.72. The number of nitrogens with zero attached hydrogens (tertiary/aromatic N) is 4. The standard InChI is InChI=1S/C22H21FN4O4/c1-22(10-31-11-22)27-16-8-12(15-6-7-24-26(15)2)4-5-14(16)25-21(27)13-9-17(30-3)19(28)20(29)18(13)23/h4-9,28-29H,10-11H2,1-3H3. The van der Waals surface area contributed by atoms with Crippen molar-refractivity contribution in [2.45, 2.75) is 12.5 Å². The van der Waals surface area contributed by atoms with E-state index in [2.05, 4.69) is 10.1 Å². The maximum atomic E-state index is 15.1. The summed E-state index contributed by atoms with van der Waals surface area (Å²) in [5, 5.41) is 24.3. The molecule has 3 heterocycles. The van der Waals surface area contributed by atoms with E-state index >= 15 is 4.39 Å². The van der Waals surface area contributed by atoms with Crippen LogP contribution in [0.5, 0.6) is 17.2 Å². The second-order valence-electron chi connectivity index (χ2n) is 7.94. The molecule has 0 bridgehead atoms. The average molecular weight is 424 g/mol. The molecule has 1 saturated heterocycles. The predicted molar refractivity (Wildman–Crippen MR) is 112 cm³/mol. The van der Waals surface area contributed by atoms with E-state index in [1.807, 2.05) is 42.8 Å². The number of hydrogen-bond acceptors (Lipinski definition) is 6. The van der Waals surface area contributed by atoms with Crippen LogP contribution >= 0.6 is 0 Å². The zero-order valence-electron chi connectivity index (χ0n) is 17.3. The number of aryl methyl sites for hydroxylation is 1. The lowest BCUT2D eigenvalue weighted by Gasteiger charge is -2.40. The van der Waals surface area contributed by atoms with Crippen LogP contribution in [-0.2, 0) is 17.3 Å². The van der Waals surface area contributed by atoms with Gasteiger partial charge in [0, 0.05) is 18.8 Å². The van der Waals surface area contributed by atoms with Crippen molar-refractivity contribution >= 4 is 11.0 Å². The molecule has 5 rings (SSSR count). The third kappa shape index (κ3) is 2.77. The van der Waals surface area contributed by atoms with Gasteiger partial charge in [-0.25, -0.2) is 9.37 Å². The first-order chi connectivity index (χ1) is 14.8. The fourth-order valence-corrected chi connectivity index (χ4v) is 4.07. The number of ether oxygens (including phenoxy) is 2. The molecule has 1 aliphatic heterocycles. The van der Waals surface area contributed by atoms with Gasteiger partial charge in [-0.1, -0.05) is 6.07 Å². The summed E-state index contributed by atoms with van der Waals surface area (Å²) in [7, 11) is 3.20. The number of rotatable bonds is 4. The number of phenols is 2. The molecule has 160 valence electrons. The molecule has 0 amide bonds. The van der Waals surface area contributed by atoms with Gasteiger partial charge in [-0.05, 0) is 31.2 Å². The summed E-state index contributed by atoms with van der Waals surface area (Å²) < 4.78 is 29.4. The van der Waals surface area contributed by atoms with E-state index in [4.69, 9.17) is 9.47 Å². The lowest BCUT2D eigenvalue weighted by Crippen LogP contribution is -2.49. The van der Waals surface area contributed by atoms with E-state index in [0.29, 0.717) is 24.6 Å². The molecule has 0 unspecified atom stereocenters. The van der Waals surface area contributed by atoms with E-state index in [1.54, 1.807) is 10.9 Å². The van der Waals surface area contributed by atoms with Crippen molar-refractivity contribution in [1.29, 1.82) is 0 Å². The zero-order valence-corrected chi connectivity index (χ0v) is 17.3. The Morgan fingerprint density at radius 2 is 1.94 bits per heavy atom. The highest BCUT2D eigenvalue weighted by molar-refractivity contribution is 5.86. The van der Waals surface area contributed by atoms with Crippen LogP contribution < -0.4 is 4.74 Å². The third-order valence-electron chi connectivity index (χ3n) is 5.78. The molecule has 2 aromatic heterocycles. The molecule has 4 aromatic rings. The molecule has 1 fully saturated rings. The monoisotopic (exact) mass is 424 g/mol. The Balaban J connectivity index is 1.81. The Bertz CT molecular complexity index is 1320. The van der Waals surface area contributed by atoms with Crippen molar-refractivity contribution in [3.63, 3.8) is 0 Å². The van der Waals surface area contributed by atoms with E-state index in [9.17, 15) is 10.2 Å². The Labute approximate surface area is 177 Å². The van der Waals surface area contributed by atoms with Gasteiger partial charge in [0.2, 0.25) is 5.75 Å². The van der Waals surface area contributed by atoms with Gasteiger partial charge in [-0.15, -0.1) is 0 Å². The van der Waals surface area contributed by atoms with Crippen molar-refractivity contribution in [2.75, 3.05) is 20.3 Å². The van der Waals surface area contributed by atoms with Crippen molar-refractivity contribution in [2.24, 2.45) is 7.05 Å². The largest absolute Gasteiger partial charge is 0.502 e. The highest BCUT2D eigenvalue weighted by atomic mass is 19.1. The highest BCUT2D eigenvalue weighted by Crippen LogP contribution is 2.45. The Morgan fingerprint density at radius 3 is 2.55 bits per heavy atom. The molecular formula is C22H21FN4O4. The fraction of sp³-hybridized carbons (Fsp3) is 0.273. The normalized spacial score (nSPS) is 15.2. The van der Waals surface area contributed by atoms with E-state index < -0.39 is 22.9 Å². The van der Waals surface area contributed by atoms with Crippen LogP contribution in [0.15, 0.2) is 36.5 Å². The SMILES string of the molecule is COc1cc(-c2nc3ccc(-c4ccnn4C)cc3n2C2(C)COC2)c(F)c(O)c1O. The lowest BCUT2D eigenvalue weighted by molar-refractivity contribution is -0.0868. The second-order valence-corrected chi connectivity index (χ2v) is 7.94. The van der Waals surface area contributed by atoms with E-state index in [0.717, 1.165) is 16.8 Å². The van der Waals surface area contributed by atoms with Crippen LogP contribution in [0.4, 0.5) is 4.39 Å². The number of hydrogen-bond donors (Lipinski definition) is 2. The molecule has 8 nitrogen and oxygen atoms in total.